The first kappa shape index (κ1) is 12.9. The number of aromatic amines is 1. The maximum Gasteiger partial charge on any atom is 0.137 e. The number of aryl methyl sites for hydroxylation is 1. The van der Waals surface area contributed by atoms with Gasteiger partial charge in [-0.1, -0.05) is 11.6 Å². The van der Waals surface area contributed by atoms with Crippen molar-refractivity contribution in [1.29, 1.82) is 0 Å². The van der Waals surface area contributed by atoms with Crippen LogP contribution in [0.4, 0.5) is 0 Å². The van der Waals surface area contributed by atoms with Crippen molar-refractivity contribution in [2.75, 3.05) is 14.2 Å². The lowest BCUT2D eigenvalue weighted by atomic mass is 10.1. The van der Waals surface area contributed by atoms with E-state index in [-0.39, 0.29) is 0 Å². The van der Waals surface area contributed by atoms with Gasteiger partial charge in [-0.25, -0.2) is 4.98 Å². The van der Waals surface area contributed by atoms with Gasteiger partial charge in [0.25, 0.3) is 0 Å². The molecular formula is C13H16ClN3O. The highest BCUT2D eigenvalue weighted by atomic mass is 35.5. The van der Waals surface area contributed by atoms with Gasteiger partial charge >= 0.3 is 0 Å². The molecule has 2 N–H and O–H groups in total. The molecule has 0 aliphatic heterocycles. The minimum absolute atomic E-state index is 0.600. The molecule has 4 nitrogen and oxygen atoms in total. The molecule has 1 aromatic heterocycles. The summed E-state index contributed by atoms with van der Waals surface area (Å²) >= 11 is 6.15. The molecule has 1 aromatic carbocycles. The summed E-state index contributed by atoms with van der Waals surface area (Å²) in [6.45, 7) is 2.73. The predicted octanol–water partition coefficient (Wildman–Crippen LogP) is 2.77. The second kappa shape index (κ2) is 5.42. The molecule has 18 heavy (non-hydrogen) atoms. The fourth-order valence-electron chi connectivity index (χ4n) is 1.86. The standard InChI is InChI=1S/C13H16ClN3O/c1-8-4-12(18-3)10(14)5-9(8)11-6-16-13(17-11)7-15-2/h4-6,15H,7H2,1-3H3,(H,16,17). The van der Waals surface area contributed by atoms with E-state index in [1.165, 1.54) is 0 Å². The van der Waals surface area contributed by atoms with Crippen molar-refractivity contribution in [3.05, 3.63) is 34.7 Å². The van der Waals surface area contributed by atoms with Gasteiger partial charge < -0.3 is 15.0 Å². The zero-order valence-electron chi connectivity index (χ0n) is 10.7. The van der Waals surface area contributed by atoms with E-state index in [0.717, 1.165) is 22.6 Å². The largest absolute Gasteiger partial charge is 0.495 e. The maximum atomic E-state index is 6.15. The highest BCUT2D eigenvalue weighted by Crippen LogP contribution is 2.32. The molecule has 0 fully saturated rings. The summed E-state index contributed by atoms with van der Waals surface area (Å²) in [6.07, 6.45) is 1.82. The summed E-state index contributed by atoms with van der Waals surface area (Å²) in [6, 6.07) is 3.82. The van der Waals surface area contributed by atoms with Crippen molar-refractivity contribution in [1.82, 2.24) is 15.3 Å². The number of benzene rings is 1. The van der Waals surface area contributed by atoms with Crippen LogP contribution in [-0.2, 0) is 6.54 Å². The Bertz CT molecular complexity index is 551. The average molecular weight is 266 g/mol. The Hall–Kier alpha value is -1.52. The zero-order chi connectivity index (χ0) is 13.1. The molecule has 1 heterocycles. The number of nitrogens with one attached hydrogen (secondary N) is 2. The zero-order valence-corrected chi connectivity index (χ0v) is 11.4. The molecule has 0 aliphatic carbocycles. The quantitative estimate of drug-likeness (QED) is 0.894. The second-order valence-corrected chi connectivity index (χ2v) is 4.48. The lowest BCUT2D eigenvalue weighted by Crippen LogP contribution is -2.06. The van der Waals surface area contributed by atoms with E-state index in [2.05, 4.69) is 15.3 Å². The summed E-state index contributed by atoms with van der Waals surface area (Å²) in [7, 11) is 3.50. The van der Waals surface area contributed by atoms with E-state index in [1.54, 1.807) is 7.11 Å². The Balaban J connectivity index is 2.40. The van der Waals surface area contributed by atoms with Crippen molar-refractivity contribution < 1.29 is 4.74 Å². The number of hydrogen-bond acceptors (Lipinski definition) is 3. The van der Waals surface area contributed by atoms with Gasteiger partial charge in [-0.15, -0.1) is 0 Å². The van der Waals surface area contributed by atoms with Crippen LogP contribution in [0.5, 0.6) is 5.75 Å². The molecule has 0 radical (unpaired) electrons. The van der Waals surface area contributed by atoms with Gasteiger partial charge in [0.2, 0.25) is 0 Å². The van der Waals surface area contributed by atoms with Gasteiger partial charge in [0, 0.05) is 5.56 Å². The van der Waals surface area contributed by atoms with Crippen molar-refractivity contribution in [3.8, 4) is 17.0 Å². The van der Waals surface area contributed by atoms with Crippen LogP contribution in [0.2, 0.25) is 5.02 Å². The molecule has 0 atom stereocenters. The van der Waals surface area contributed by atoms with Gasteiger partial charge in [-0.05, 0) is 31.7 Å². The minimum atomic E-state index is 0.600. The smallest absolute Gasteiger partial charge is 0.137 e. The van der Waals surface area contributed by atoms with Gasteiger partial charge in [0.1, 0.15) is 11.6 Å². The molecule has 0 aliphatic rings. The molecule has 0 spiro atoms. The van der Waals surface area contributed by atoms with E-state index in [4.69, 9.17) is 16.3 Å². The van der Waals surface area contributed by atoms with Crippen LogP contribution in [0.15, 0.2) is 18.3 Å². The Morgan fingerprint density at radius 2 is 2.22 bits per heavy atom. The number of rotatable bonds is 4. The summed E-state index contributed by atoms with van der Waals surface area (Å²) < 4.78 is 5.19. The molecule has 0 bridgehead atoms. The summed E-state index contributed by atoms with van der Waals surface area (Å²) in [5.41, 5.74) is 3.09. The maximum absolute atomic E-state index is 6.15. The Morgan fingerprint density at radius 1 is 1.44 bits per heavy atom. The number of methoxy groups -OCH3 is 1. The molecule has 2 rings (SSSR count). The monoisotopic (exact) mass is 265 g/mol. The van der Waals surface area contributed by atoms with Crippen LogP contribution in [0.3, 0.4) is 0 Å². The molecule has 2 aromatic rings. The van der Waals surface area contributed by atoms with Crippen LogP contribution in [-0.4, -0.2) is 24.1 Å². The average Bonchev–Trinajstić information content (AvgIpc) is 2.80. The van der Waals surface area contributed by atoms with Crippen LogP contribution in [0, 0.1) is 6.92 Å². The second-order valence-electron chi connectivity index (χ2n) is 4.08. The van der Waals surface area contributed by atoms with Gasteiger partial charge in [-0.2, -0.15) is 0 Å². The van der Waals surface area contributed by atoms with Crippen LogP contribution in [0.1, 0.15) is 11.4 Å². The molecular weight excluding hydrogens is 250 g/mol. The molecule has 96 valence electrons. The third-order valence-electron chi connectivity index (χ3n) is 2.76. The molecule has 0 amide bonds. The van der Waals surface area contributed by atoms with Crippen LogP contribution < -0.4 is 10.1 Å². The topological polar surface area (TPSA) is 49.9 Å². The first-order valence-corrected chi connectivity index (χ1v) is 6.06. The number of nitrogens with zero attached hydrogens (tertiary/aromatic N) is 1. The van der Waals surface area contributed by atoms with E-state index in [1.807, 2.05) is 32.3 Å². The highest BCUT2D eigenvalue weighted by Gasteiger charge is 2.10. The fourth-order valence-corrected chi connectivity index (χ4v) is 2.10. The number of imidazole rings is 1. The molecule has 5 heteroatoms. The first-order valence-electron chi connectivity index (χ1n) is 5.68. The number of halogens is 1. The van der Waals surface area contributed by atoms with E-state index >= 15 is 0 Å². The Labute approximate surface area is 111 Å². The predicted molar refractivity (Wildman–Crippen MR) is 73.1 cm³/mol. The lowest BCUT2D eigenvalue weighted by Gasteiger charge is -2.08. The Morgan fingerprint density at radius 3 is 2.89 bits per heavy atom. The fraction of sp³-hybridized carbons (Fsp3) is 0.308. The van der Waals surface area contributed by atoms with Crippen molar-refractivity contribution in [3.63, 3.8) is 0 Å². The van der Waals surface area contributed by atoms with Gasteiger partial charge in [0.15, 0.2) is 0 Å². The van der Waals surface area contributed by atoms with Crippen LogP contribution in [0.25, 0.3) is 11.3 Å². The van der Waals surface area contributed by atoms with E-state index < -0.39 is 0 Å². The van der Waals surface area contributed by atoms with Crippen LogP contribution >= 0.6 is 11.6 Å². The van der Waals surface area contributed by atoms with Gasteiger partial charge in [-0.3, -0.25) is 0 Å². The SMILES string of the molecule is CNCc1ncc(-c2cc(Cl)c(OC)cc2C)[nH]1. The first-order chi connectivity index (χ1) is 8.65. The number of hydrogen-bond donors (Lipinski definition) is 2. The molecule has 0 saturated carbocycles. The van der Waals surface area contributed by atoms with Crippen molar-refractivity contribution in [2.45, 2.75) is 13.5 Å². The third kappa shape index (κ3) is 2.49. The summed E-state index contributed by atoms with van der Waals surface area (Å²) in [5.74, 6) is 1.59. The number of H-pyrrole nitrogens is 1. The van der Waals surface area contributed by atoms with E-state index in [0.29, 0.717) is 17.3 Å². The minimum Gasteiger partial charge on any atom is -0.495 e. The number of ether oxygens (including phenoxy) is 1. The number of aromatic nitrogens is 2. The normalized spacial score (nSPS) is 10.7. The van der Waals surface area contributed by atoms with E-state index in [9.17, 15) is 0 Å². The van der Waals surface area contributed by atoms with Crippen molar-refractivity contribution >= 4 is 11.6 Å². The third-order valence-corrected chi connectivity index (χ3v) is 3.06. The van der Waals surface area contributed by atoms with Gasteiger partial charge in [0.05, 0.1) is 30.6 Å². The summed E-state index contributed by atoms with van der Waals surface area (Å²) in [5, 5.41) is 3.65. The molecule has 0 unspecified atom stereocenters. The molecule has 0 saturated heterocycles. The summed E-state index contributed by atoms with van der Waals surface area (Å²) in [4.78, 5) is 7.57. The highest BCUT2D eigenvalue weighted by molar-refractivity contribution is 6.32. The lowest BCUT2D eigenvalue weighted by molar-refractivity contribution is 0.415. The Kier molecular flexibility index (Phi) is 3.89. The van der Waals surface area contributed by atoms with Crippen molar-refractivity contribution in [2.24, 2.45) is 0 Å².